The molecule has 0 aliphatic heterocycles. The summed E-state index contributed by atoms with van der Waals surface area (Å²) in [5.41, 5.74) is 3.66. The number of aryl methyl sites for hydroxylation is 3. The van der Waals surface area contributed by atoms with Gasteiger partial charge in [-0.15, -0.1) is 5.10 Å². The summed E-state index contributed by atoms with van der Waals surface area (Å²) in [6.07, 6.45) is 0. The minimum Gasteiger partial charge on any atom is -0.321 e. The third-order valence-corrected chi connectivity index (χ3v) is 3.33. The highest BCUT2D eigenvalue weighted by Crippen LogP contribution is 2.18. The Balaban J connectivity index is 2.24. The molecule has 88 valence electrons. The molecular formula is C12H13N3OS. The predicted octanol–water partition coefficient (Wildman–Crippen LogP) is 2.72. The van der Waals surface area contributed by atoms with Crippen LogP contribution < -0.4 is 5.32 Å². The van der Waals surface area contributed by atoms with Crippen LogP contribution in [0.15, 0.2) is 18.2 Å². The first-order chi connectivity index (χ1) is 8.08. The molecule has 0 aliphatic carbocycles. The van der Waals surface area contributed by atoms with E-state index in [9.17, 15) is 4.79 Å². The third kappa shape index (κ3) is 2.50. The van der Waals surface area contributed by atoms with E-state index in [1.54, 1.807) is 6.92 Å². The Morgan fingerprint density at radius 1 is 1.29 bits per heavy atom. The highest BCUT2D eigenvalue weighted by atomic mass is 32.1. The van der Waals surface area contributed by atoms with Crippen LogP contribution in [0.1, 0.15) is 26.5 Å². The van der Waals surface area contributed by atoms with E-state index in [0.29, 0.717) is 10.6 Å². The molecule has 1 amide bonds. The van der Waals surface area contributed by atoms with Gasteiger partial charge in [0.15, 0.2) is 0 Å². The number of nitrogens with zero attached hydrogens (tertiary/aromatic N) is 2. The van der Waals surface area contributed by atoms with Crippen molar-refractivity contribution in [2.45, 2.75) is 20.8 Å². The molecule has 1 N–H and O–H groups in total. The molecule has 1 heterocycles. The number of amides is 1. The number of hydrogen-bond acceptors (Lipinski definition) is 4. The minimum atomic E-state index is -0.147. The second kappa shape index (κ2) is 4.63. The summed E-state index contributed by atoms with van der Waals surface area (Å²) in [6.45, 7) is 5.74. The Labute approximate surface area is 104 Å². The molecule has 17 heavy (non-hydrogen) atoms. The lowest BCUT2D eigenvalue weighted by Gasteiger charge is -2.08. The molecule has 0 aliphatic rings. The zero-order valence-corrected chi connectivity index (χ0v) is 10.8. The van der Waals surface area contributed by atoms with Crippen molar-refractivity contribution in [3.05, 3.63) is 39.9 Å². The molecule has 2 aromatic rings. The average Bonchev–Trinajstić information content (AvgIpc) is 2.70. The van der Waals surface area contributed by atoms with Crippen molar-refractivity contribution in [3.63, 3.8) is 0 Å². The number of carbonyl (C=O) groups is 1. The van der Waals surface area contributed by atoms with E-state index < -0.39 is 0 Å². The smallest absolute Gasteiger partial charge is 0.269 e. The first kappa shape index (κ1) is 11.7. The van der Waals surface area contributed by atoms with Gasteiger partial charge < -0.3 is 5.32 Å². The van der Waals surface area contributed by atoms with Crippen LogP contribution in [0.4, 0.5) is 5.69 Å². The molecule has 0 saturated heterocycles. The molecule has 0 bridgehead atoms. The van der Waals surface area contributed by atoms with Gasteiger partial charge in [0.2, 0.25) is 0 Å². The maximum Gasteiger partial charge on any atom is 0.269 e. The topological polar surface area (TPSA) is 54.9 Å². The molecule has 5 heteroatoms. The van der Waals surface area contributed by atoms with E-state index in [4.69, 9.17) is 0 Å². The zero-order valence-electron chi connectivity index (χ0n) is 9.94. The van der Waals surface area contributed by atoms with E-state index in [1.165, 1.54) is 0 Å². The normalized spacial score (nSPS) is 10.3. The average molecular weight is 247 g/mol. The first-order valence-corrected chi connectivity index (χ1v) is 6.03. The number of hydrogen-bond donors (Lipinski definition) is 1. The molecule has 1 aromatic carbocycles. The second-order valence-corrected chi connectivity index (χ2v) is 4.71. The Morgan fingerprint density at radius 2 is 2.06 bits per heavy atom. The molecule has 0 atom stereocenters. The number of benzene rings is 1. The van der Waals surface area contributed by atoms with Crippen LogP contribution in [-0.4, -0.2) is 15.5 Å². The van der Waals surface area contributed by atoms with Crippen molar-refractivity contribution in [2.75, 3.05) is 5.32 Å². The van der Waals surface area contributed by atoms with Crippen molar-refractivity contribution in [1.29, 1.82) is 0 Å². The van der Waals surface area contributed by atoms with Crippen LogP contribution in [0.5, 0.6) is 0 Å². The van der Waals surface area contributed by atoms with Crippen LogP contribution in [-0.2, 0) is 0 Å². The highest BCUT2D eigenvalue weighted by molar-refractivity contribution is 7.08. The van der Waals surface area contributed by atoms with Gasteiger partial charge in [-0.3, -0.25) is 4.79 Å². The Morgan fingerprint density at radius 3 is 2.71 bits per heavy atom. The van der Waals surface area contributed by atoms with Gasteiger partial charge in [-0.1, -0.05) is 16.6 Å². The van der Waals surface area contributed by atoms with Gasteiger partial charge in [0, 0.05) is 5.69 Å². The van der Waals surface area contributed by atoms with Crippen LogP contribution in [0.3, 0.4) is 0 Å². The quantitative estimate of drug-likeness (QED) is 0.887. The SMILES string of the molecule is Cc1ccc(C)c(NC(=O)c2snnc2C)c1. The van der Waals surface area contributed by atoms with Gasteiger partial charge in [-0.25, -0.2) is 0 Å². The standard InChI is InChI=1S/C12H13N3OS/c1-7-4-5-8(2)10(6-7)13-12(16)11-9(3)14-15-17-11/h4-6H,1-3H3,(H,13,16). The molecule has 4 nitrogen and oxygen atoms in total. The molecule has 0 spiro atoms. The molecule has 1 aromatic heterocycles. The van der Waals surface area contributed by atoms with E-state index in [-0.39, 0.29) is 5.91 Å². The number of anilines is 1. The lowest BCUT2D eigenvalue weighted by atomic mass is 10.1. The molecule has 0 saturated carbocycles. The second-order valence-electron chi connectivity index (χ2n) is 3.96. The van der Waals surface area contributed by atoms with Crippen molar-refractivity contribution in [3.8, 4) is 0 Å². The monoisotopic (exact) mass is 247 g/mol. The molecule has 0 radical (unpaired) electrons. The predicted molar refractivity (Wildman–Crippen MR) is 68.5 cm³/mol. The molecule has 0 unspecified atom stereocenters. The summed E-state index contributed by atoms with van der Waals surface area (Å²) in [4.78, 5) is 12.5. The third-order valence-electron chi connectivity index (χ3n) is 2.50. The lowest BCUT2D eigenvalue weighted by molar-refractivity contribution is 0.102. The van der Waals surface area contributed by atoms with E-state index >= 15 is 0 Å². The molecule has 0 fully saturated rings. The molecule has 2 rings (SSSR count). The number of carbonyl (C=O) groups excluding carboxylic acids is 1. The summed E-state index contributed by atoms with van der Waals surface area (Å²) in [5, 5.41) is 6.71. The largest absolute Gasteiger partial charge is 0.321 e. The first-order valence-electron chi connectivity index (χ1n) is 5.25. The minimum absolute atomic E-state index is 0.147. The maximum atomic E-state index is 12.0. The number of nitrogens with one attached hydrogen (secondary N) is 1. The summed E-state index contributed by atoms with van der Waals surface area (Å²) in [6, 6.07) is 5.96. The van der Waals surface area contributed by atoms with Gasteiger partial charge in [-0.05, 0) is 49.5 Å². The highest BCUT2D eigenvalue weighted by Gasteiger charge is 2.13. The van der Waals surface area contributed by atoms with Gasteiger partial charge in [0.1, 0.15) is 4.88 Å². The van der Waals surface area contributed by atoms with Crippen molar-refractivity contribution >= 4 is 23.1 Å². The van der Waals surface area contributed by atoms with Gasteiger partial charge in [0.25, 0.3) is 5.91 Å². The van der Waals surface area contributed by atoms with Gasteiger partial charge in [0.05, 0.1) is 5.69 Å². The van der Waals surface area contributed by atoms with Crippen molar-refractivity contribution < 1.29 is 4.79 Å². The maximum absolute atomic E-state index is 12.0. The van der Waals surface area contributed by atoms with E-state index in [2.05, 4.69) is 14.9 Å². The Bertz CT molecular complexity index is 563. The fraction of sp³-hybridized carbons (Fsp3) is 0.250. The molecular weight excluding hydrogens is 234 g/mol. The van der Waals surface area contributed by atoms with E-state index in [0.717, 1.165) is 28.3 Å². The van der Waals surface area contributed by atoms with Crippen molar-refractivity contribution in [1.82, 2.24) is 9.59 Å². The zero-order chi connectivity index (χ0) is 12.4. The summed E-state index contributed by atoms with van der Waals surface area (Å²) in [7, 11) is 0. The lowest BCUT2D eigenvalue weighted by Crippen LogP contribution is -2.12. The Hall–Kier alpha value is -1.75. The Kier molecular flexibility index (Phi) is 3.19. The number of rotatable bonds is 2. The fourth-order valence-electron chi connectivity index (χ4n) is 1.49. The summed E-state index contributed by atoms with van der Waals surface area (Å²) >= 11 is 1.11. The summed E-state index contributed by atoms with van der Waals surface area (Å²) < 4.78 is 3.76. The number of aromatic nitrogens is 2. The van der Waals surface area contributed by atoms with Crippen LogP contribution in [0, 0.1) is 20.8 Å². The summed E-state index contributed by atoms with van der Waals surface area (Å²) in [5.74, 6) is -0.147. The van der Waals surface area contributed by atoms with Gasteiger partial charge in [-0.2, -0.15) is 0 Å². The van der Waals surface area contributed by atoms with Crippen molar-refractivity contribution in [2.24, 2.45) is 0 Å². The van der Waals surface area contributed by atoms with Crippen LogP contribution >= 0.6 is 11.5 Å². The van der Waals surface area contributed by atoms with Gasteiger partial charge >= 0.3 is 0 Å². The van der Waals surface area contributed by atoms with E-state index in [1.807, 2.05) is 32.0 Å². The van der Waals surface area contributed by atoms with Crippen LogP contribution in [0.25, 0.3) is 0 Å². The fourth-order valence-corrected chi connectivity index (χ4v) is 2.04. The van der Waals surface area contributed by atoms with Crippen LogP contribution in [0.2, 0.25) is 0 Å².